The number of aryl methyl sites for hydroxylation is 2. The summed E-state index contributed by atoms with van der Waals surface area (Å²) < 4.78 is 26.0. The highest BCUT2D eigenvalue weighted by Crippen LogP contribution is 2.35. The van der Waals surface area contributed by atoms with Crippen molar-refractivity contribution < 1.29 is 43.2 Å². The van der Waals surface area contributed by atoms with Crippen molar-refractivity contribution in [3.8, 4) is 11.5 Å². The summed E-state index contributed by atoms with van der Waals surface area (Å²) in [5.74, 6) is 0.815. The molecule has 17 nitrogen and oxygen atoms in total. The standard InChI is InChI=1S/C50H65N7O10/c1-54-43-31-36(15-16-41(43)57(50(54)63)42-17-18-48(61)53-49(42)62)11-10-24-64-27-29-66-30-28-65-26-22-52-47(60)14-6-4-2-3-5-9-25-67-39-19-21-51-46(33-39)56-35-37-32-38(56)34-55(37)23-20-45(59)40-12-7-8-13-44(40)58/h7-8,12-13,15-16,19-21,23,31,33,37-38,42,58H,2-6,9-11,14,17-18,22,24-30,32,34-35H2,1H3,(H,52,60)(H,53,61,62)/b23-20+/t37-,38-,42?/m1/s1. The van der Waals surface area contributed by atoms with Gasteiger partial charge in [0, 0.05) is 82.8 Å². The maximum absolute atomic E-state index is 13.0. The van der Waals surface area contributed by atoms with Gasteiger partial charge in [-0.15, -0.1) is 0 Å². The number of pyridine rings is 1. The van der Waals surface area contributed by atoms with E-state index in [1.165, 1.54) is 10.6 Å². The molecule has 360 valence electrons. The van der Waals surface area contributed by atoms with E-state index in [0.29, 0.717) is 88.8 Å². The fraction of sp³-hybridized carbons (Fsp3) is 0.520. The van der Waals surface area contributed by atoms with Crippen molar-refractivity contribution in [1.82, 2.24) is 29.7 Å². The van der Waals surface area contributed by atoms with Gasteiger partial charge in [0.1, 0.15) is 23.4 Å². The minimum atomic E-state index is -0.698. The zero-order chi connectivity index (χ0) is 47.0. The van der Waals surface area contributed by atoms with Gasteiger partial charge in [-0.25, -0.2) is 9.78 Å². The van der Waals surface area contributed by atoms with Crippen molar-refractivity contribution in [2.24, 2.45) is 7.05 Å². The number of likely N-dealkylation sites (tertiary alicyclic amines) is 1. The Morgan fingerprint density at radius 2 is 1.60 bits per heavy atom. The Kier molecular flexibility index (Phi) is 18.0. The number of ether oxygens (including phenoxy) is 4. The van der Waals surface area contributed by atoms with Gasteiger partial charge in [0.05, 0.1) is 56.2 Å². The van der Waals surface area contributed by atoms with Crippen LogP contribution >= 0.6 is 0 Å². The quantitative estimate of drug-likeness (QED) is 0.0299. The van der Waals surface area contributed by atoms with Gasteiger partial charge >= 0.3 is 5.69 Å². The smallest absolute Gasteiger partial charge is 0.329 e. The third-order valence-corrected chi connectivity index (χ3v) is 12.7. The summed E-state index contributed by atoms with van der Waals surface area (Å²) in [7, 11) is 1.69. The molecule has 4 aromatic rings. The lowest BCUT2D eigenvalue weighted by molar-refractivity contribution is -0.135. The van der Waals surface area contributed by atoms with E-state index in [2.05, 4.69) is 25.4 Å². The number of carbonyl (C=O) groups is 4. The molecule has 0 aliphatic carbocycles. The lowest BCUT2D eigenvalue weighted by Gasteiger charge is -2.34. The lowest BCUT2D eigenvalue weighted by Crippen LogP contribution is -2.44. The summed E-state index contributed by atoms with van der Waals surface area (Å²) in [4.78, 5) is 71.0. The van der Waals surface area contributed by atoms with E-state index >= 15 is 0 Å². The van der Waals surface area contributed by atoms with Crippen LogP contribution in [0.5, 0.6) is 11.5 Å². The molecule has 3 aliphatic heterocycles. The number of unbranched alkanes of at least 4 members (excludes halogenated alkanes) is 5. The zero-order valence-electron chi connectivity index (χ0n) is 38.6. The molecule has 2 bridgehead atoms. The number of nitrogens with one attached hydrogen (secondary N) is 2. The Morgan fingerprint density at radius 1 is 0.836 bits per heavy atom. The number of hydrogen-bond donors (Lipinski definition) is 3. The summed E-state index contributed by atoms with van der Waals surface area (Å²) in [6, 6.07) is 16.2. The van der Waals surface area contributed by atoms with Gasteiger partial charge in [-0.1, -0.05) is 43.9 Å². The number of hydrogen-bond acceptors (Lipinski definition) is 13. The van der Waals surface area contributed by atoms with Gasteiger partial charge < -0.3 is 39.2 Å². The van der Waals surface area contributed by atoms with Gasteiger partial charge in [-0.05, 0) is 74.4 Å². The monoisotopic (exact) mass is 923 g/mol. The molecule has 3 amide bonds. The van der Waals surface area contributed by atoms with Crippen LogP contribution < -0.4 is 26.0 Å². The summed E-state index contributed by atoms with van der Waals surface area (Å²) in [5.41, 5.74) is 2.51. The molecule has 3 fully saturated rings. The van der Waals surface area contributed by atoms with Crippen LogP contribution in [0.3, 0.4) is 0 Å². The average molecular weight is 924 g/mol. The van der Waals surface area contributed by atoms with E-state index in [0.717, 1.165) is 93.5 Å². The summed E-state index contributed by atoms with van der Waals surface area (Å²) in [6.45, 7) is 5.56. The zero-order valence-corrected chi connectivity index (χ0v) is 38.6. The number of aromatic hydroxyl groups is 1. The van der Waals surface area contributed by atoms with Gasteiger partial charge in [0.15, 0.2) is 5.78 Å². The van der Waals surface area contributed by atoms with E-state index in [1.807, 2.05) is 36.5 Å². The topological polar surface area (TPSA) is 196 Å². The number of allylic oxidation sites excluding steroid dienone is 1. The van der Waals surface area contributed by atoms with Crippen LogP contribution in [0.15, 0.2) is 77.9 Å². The van der Waals surface area contributed by atoms with Gasteiger partial charge in [0.2, 0.25) is 17.7 Å². The third-order valence-electron chi connectivity index (χ3n) is 12.7. The van der Waals surface area contributed by atoms with Gasteiger partial charge in [-0.2, -0.15) is 0 Å². The van der Waals surface area contributed by atoms with Crippen LogP contribution in [0.25, 0.3) is 11.0 Å². The minimum absolute atomic E-state index is 0.00614. The van der Waals surface area contributed by atoms with Crippen molar-refractivity contribution in [2.45, 2.75) is 95.2 Å². The van der Waals surface area contributed by atoms with Crippen molar-refractivity contribution >= 4 is 40.4 Å². The molecule has 0 spiro atoms. The SMILES string of the molecule is Cn1c(=O)n(C2CCC(=O)NC2=O)c2ccc(CCCOCCOCCOCCNC(=O)CCCCCCCCOc3ccnc(N4C[C@H]5C[C@@H]4CN5/C=C/C(=O)c4ccccc4O)c3)cc21. The molecule has 2 aromatic heterocycles. The molecule has 2 aromatic carbocycles. The number of amides is 3. The predicted octanol–water partition coefficient (Wildman–Crippen LogP) is 4.99. The molecule has 3 atom stereocenters. The molecule has 3 saturated heterocycles. The first-order chi connectivity index (χ1) is 32.7. The number of rotatable bonds is 28. The number of ketones is 1. The summed E-state index contributed by atoms with van der Waals surface area (Å²) >= 11 is 0. The molecule has 1 unspecified atom stereocenters. The van der Waals surface area contributed by atoms with E-state index in [4.69, 9.17) is 18.9 Å². The highest BCUT2D eigenvalue weighted by Gasteiger charge is 2.42. The molecule has 17 heteroatoms. The summed E-state index contributed by atoms with van der Waals surface area (Å²) in [6.07, 6.45) is 14.9. The molecule has 67 heavy (non-hydrogen) atoms. The number of para-hydroxylation sites is 1. The summed E-state index contributed by atoms with van der Waals surface area (Å²) in [5, 5.41) is 15.2. The number of fused-ring (bicyclic) bond motifs is 3. The van der Waals surface area contributed by atoms with Crippen LogP contribution in [-0.4, -0.2) is 126 Å². The van der Waals surface area contributed by atoms with E-state index in [9.17, 15) is 29.1 Å². The maximum atomic E-state index is 13.0. The minimum Gasteiger partial charge on any atom is -0.507 e. The Bertz CT molecular complexity index is 2400. The second-order valence-electron chi connectivity index (χ2n) is 17.5. The Hall–Kier alpha value is -6.04. The predicted molar refractivity (Wildman–Crippen MR) is 252 cm³/mol. The Labute approximate surface area is 391 Å². The van der Waals surface area contributed by atoms with Crippen molar-refractivity contribution in [2.75, 3.05) is 70.8 Å². The first-order valence-corrected chi connectivity index (χ1v) is 23.8. The number of benzene rings is 2. The highest BCUT2D eigenvalue weighted by atomic mass is 16.5. The first-order valence-electron chi connectivity index (χ1n) is 23.8. The fourth-order valence-electron chi connectivity index (χ4n) is 9.09. The average Bonchev–Trinajstić information content (AvgIpc) is 4.00. The normalized spacial score (nSPS) is 18.1. The van der Waals surface area contributed by atoms with Crippen LogP contribution in [-0.2, 0) is 42.1 Å². The molecular weight excluding hydrogens is 859 g/mol. The molecule has 0 radical (unpaired) electrons. The number of piperazine rings is 1. The number of carbonyl (C=O) groups excluding carboxylic acids is 4. The first kappa shape index (κ1) is 48.9. The number of aromatic nitrogens is 3. The van der Waals surface area contributed by atoms with E-state index in [-0.39, 0.29) is 35.5 Å². The van der Waals surface area contributed by atoms with Crippen LogP contribution in [0.4, 0.5) is 5.82 Å². The fourth-order valence-corrected chi connectivity index (χ4v) is 9.09. The Balaban J connectivity index is 0.636. The van der Waals surface area contributed by atoms with Crippen LogP contribution in [0, 0.1) is 0 Å². The molecule has 0 saturated carbocycles. The maximum Gasteiger partial charge on any atom is 0.329 e. The van der Waals surface area contributed by atoms with Crippen molar-refractivity contribution in [3.05, 3.63) is 94.7 Å². The number of imide groups is 1. The molecule has 3 N–H and O–H groups in total. The Morgan fingerprint density at radius 3 is 2.37 bits per heavy atom. The second-order valence-corrected chi connectivity index (χ2v) is 17.5. The van der Waals surface area contributed by atoms with Crippen molar-refractivity contribution in [3.63, 3.8) is 0 Å². The molecule has 3 aliphatic rings. The van der Waals surface area contributed by atoms with E-state index < -0.39 is 11.9 Å². The molecular formula is C50H65N7O10. The van der Waals surface area contributed by atoms with Gasteiger partial charge in [0.25, 0.3) is 0 Å². The van der Waals surface area contributed by atoms with Gasteiger partial charge in [-0.3, -0.25) is 33.6 Å². The van der Waals surface area contributed by atoms with Crippen LogP contribution in [0.2, 0.25) is 0 Å². The number of phenolic OH excluding ortho intramolecular Hbond substituents is 1. The molecule has 5 heterocycles. The van der Waals surface area contributed by atoms with E-state index in [1.54, 1.807) is 42.1 Å². The third kappa shape index (κ3) is 13.5. The van der Waals surface area contributed by atoms with Crippen LogP contribution in [0.1, 0.15) is 92.6 Å². The highest BCUT2D eigenvalue weighted by molar-refractivity contribution is 6.06. The van der Waals surface area contributed by atoms with Crippen molar-refractivity contribution in [1.29, 1.82) is 0 Å². The molecule has 7 rings (SSSR count). The number of nitrogens with zero attached hydrogens (tertiary/aromatic N) is 5. The second kappa shape index (κ2) is 24.6. The number of piperidine rings is 1. The lowest BCUT2D eigenvalue weighted by atomic mass is 10.1. The largest absolute Gasteiger partial charge is 0.507 e. The number of anilines is 1. The number of phenols is 1. The number of imidazole rings is 1.